The van der Waals surface area contributed by atoms with Gasteiger partial charge in [0.2, 0.25) is 5.91 Å². The minimum atomic E-state index is -0.493. The minimum Gasteiger partial charge on any atom is -0.279 e. The average Bonchev–Trinajstić information content (AvgIpc) is 3.02. The van der Waals surface area contributed by atoms with E-state index in [2.05, 4.69) is 49.4 Å². The number of aromatic nitrogens is 1. The number of benzene rings is 3. The third-order valence-electron chi connectivity index (χ3n) is 5.08. The molecule has 0 unspecified atom stereocenters. The number of fused-ring (bicyclic) bond motifs is 1. The molecule has 1 heterocycles. The van der Waals surface area contributed by atoms with Gasteiger partial charge >= 0.3 is 0 Å². The first kappa shape index (κ1) is 18.2. The van der Waals surface area contributed by atoms with E-state index in [1.165, 1.54) is 0 Å². The highest BCUT2D eigenvalue weighted by Crippen LogP contribution is 2.42. The highest BCUT2D eigenvalue weighted by molar-refractivity contribution is 6.10. The van der Waals surface area contributed by atoms with E-state index < -0.39 is 5.41 Å². The Morgan fingerprint density at radius 2 is 1.36 bits per heavy atom. The monoisotopic (exact) mass is 367 g/mol. The van der Waals surface area contributed by atoms with Gasteiger partial charge in [0.25, 0.3) is 0 Å². The number of hydrogen-bond acceptors (Lipinski definition) is 1. The maximum Gasteiger partial charge on any atom is 0.236 e. The molecule has 0 atom stereocenters. The highest BCUT2D eigenvalue weighted by atomic mass is 16.2. The zero-order chi connectivity index (χ0) is 19.9. The normalized spacial score (nSPS) is 11.7. The molecule has 0 aliphatic heterocycles. The van der Waals surface area contributed by atoms with Crippen molar-refractivity contribution < 1.29 is 4.79 Å². The van der Waals surface area contributed by atoms with Crippen LogP contribution in [-0.2, 0) is 0 Å². The van der Waals surface area contributed by atoms with Gasteiger partial charge in [-0.2, -0.15) is 0 Å². The molecule has 3 aromatic carbocycles. The van der Waals surface area contributed by atoms with Crippen LogP contribution in [0.25, 0.3) is 33.3 Å². The van der Waals surface area contributed by atoms with Crippen molar-refractivity contribution in [2.75, 3.05) is 0 Å². The second-order valence-corrected chi connectivity index (χ2v) is 8.37. The van der Waals surface area contributed by atoms with Crippen molar-refractivity contribution in [3.8, 4) is 22.4 Å². The van der Waals surface area contributed by atoms with Crippen LogP contribution in [0.4, 0.5) is 0 Å². The molecule has 0 saturated heterocycles. The molecule has 0 fully saturated rings. The van der Waals surface area contributed by atoms with E-state index in [0.29, 0.717) is 0 Å². The topological polar surface area (TPSA) is 22.0 Å². The summed E-state index contributed by atoms with van der Waals surface area (Å²) in [5.74, 6) is 0.101. The molecule has 140 valence electrons. The van der Waals surface area contributed by atoms with Crippen LogP contribution in [0.3, 0.4) is 0 Å². The third-order valence-corrected chi connectivity index (χ3v) is 5.08. The molecule has 0 aliphatic carbocycles. The summed E-state index contributed by atoms with van der Waals surface area (Å²) < 4.78 is 1.93. The van der Waals surface area contributed by atoms with E-state index in [1.54, 1.807) is 0 Å². The summed E-state index contributed by atoms with van der Waals surface area (Å²) >= 11 is 0. The molecule has 4 rings (SSSR count). The van der Waals surface area contributed by atoms with Crippen LogP contribution in [0, 0.1) is 12.3 Å². The van der Waals surface area contributed by atoms with Crippen LogP contribution in [0.5, 0.6) is 0 Å². The van der Waals surface area contributed by atoms with Crippen LogP contribution in [-0.4, -0.2) is 10.5 Å². The van der Waals surface area contributed by atoms with Crippen LogP contribution in [0.15, 0.2) is 78.9 Å². The van der Waals surface area contributed by atoms with Gasteiger partial charge in [0.15, 0.2) is 0 Å². The van der Waals surface area contributed by atoms with Crippen molar-refractivity contribution in [3.05, 3.63) is 84.4 Å². The Hall–Kier alpha value is -3.13. The molecule has 0 saturated carbocycles. The van der Waals surface area contributed by atoms with Crippen LogP contribution in [0.1, 0.15) is 31.1 Å². The lowest BCUT2D eigenvalue weighted by Crippen LogP contribution is -2.27. The van der Waals surface area contributed by atoms with Crippen LogP contribution >= 0.6 is 0 Å². The first-order chi connectivity index (χ1) is 13.4. The summed E-state index contributed by atoms with van der Waals surface area (Å²) in [6.45, 7) is 8.01. The molecule has 4 aromatic rings. The van der Waals surface area contributed by atoms with Crippen LogP contribution < -0.4 is 0 Å². The lowest BCUT2D eigenvalue weighted by molar-refractivity contribution is 0.0775. The molecular weight excluding hydrogens is 342 g/mol. The van der Waals surface area contributed by atoms with E-state index in [0.717, 1.165) is 38.9 Å². The zero-order valence-corrected chi connectivity index (χ0v) is 16.9. The Morgan fingerprint density at radius 3 is 1.93 bits per heavy atom. The quantitative estimate of drug-likeness (QED) is 0.375. The van der Waals surface area contributed by atoms with Crippen molar-refractivity contribution in [2.24, 2.45) is 5.41 Å². The first-order valence-electron chi connectivity index (χ1n) is 9.68. The summed E-state index contributed by atoms with van der Waals surface area (Å²) in [7, 11) is 0. The number of rotatable bonds is 2. The number of carbonyl (C=O) groups is 1. The second-order valence-electron chi connectivity index (χ2n) is 8.37. The van der Waals surface area contributed by atoms with Crippen molar-refractivity contribution in [2.45, 2.75) is 27.7 Å². The highest BCUT2D eigenvalue weighted by Gasteiger charge is 2.30. The summed E-state index contributed by atoms with van der Waals surface area (Å²) in [5, 5.41) is 1.10. The molecule has 28 heavy (non-hydrogen) atoms. The molecule has 0 amide bonds. The fraction of sp³-hybridized carbons (Fsp3) is 0.192. The molecule has 0 radical (unpaired) electrons. The van der Waals surface area contributed by atoms with Crippen molar-refractivity contribution in [3.63, 3.8) is 0 Å². The number of carbonyl (C=O) groups excluding carboxylic acids is 1. The molecule has 0 N–H and O–H groups in total. The molecule has 1 aromatic heterocycles. The number of nitrogens with zero attached hydrogens (tertiary/aromatic N) is 1. The predicted octanol–water partition coefficient (Wildman–Crippen LogP) is 6.97. The molecule has 0 aliphatic rings. The van der Waals surface area contributed by atoms with Gasteiger partial charge in [-0.05, 0) is 29.7 Å². The summed E-state index contributed by atoms with van der Waals surface area (Å²) in [5.41, 5.74) is 5.87. The van der Waals surface area contributed by atoms with Crippen molar-refractivity contribution in [1.29, 1.82) is 0 Å². The van der Waals surface area contributed by atoms with Gasteiger partial charge in [-0.1, -0.05) is 93.6 Å². The molecule has 0 bridgehead atoms. The SMILES string of the molecule is Cc1ccc2c(-c3ccccc3)c(-c3ccccc3)n(C(=O)C(C)(C)C)c2c1. The second kappa shape index (κ2) is 6.79. The maximum atomic E-state index is 13.6. The standard InChI is InChI=1S/C26H25NO/c1-18-15-16-21-22(17-18)27(25(28)26(2,3)4)24(20-13-9-6-10-14-20)23(21)19-11-7-5-8-12-19/h5-17H,1-4H3. The Labute approximate surface area is 166 Å². The summed E-state index contributed by atoms with van der Waals surface area (Å²) in [4.78, 5) is 13.6. The fourth-order valence-corrected chi connectivity index (χ4v) is 3.71. The molecule has 0 spiro atoms. The van der Waals surface area contributed by atoms with Gasteiger partial charge in [0, 0.05) is 16.4 Å². The summed E-state index contributed by atoms with van der Waals surface area (Å²) in [6, 6.07) is 27.0. The third kappa shape index (κ3) is 3.05. The number of aryl methyl sites for hydroxylation is 1. The van der Waals surface area contributed by atoms with Crippen molar-refractivity contribution in [1.82, 2.24) is 4.57 Å². The van der Waals surface area contributed by atoms with Gasteiger partial charge in [-0.25, -0.2) is 0 Å². The van der Waals surface area contributed by atoms with Crippen LogP contribution in [0.2, 0.25) is 0 Å². The Balaban J connectivity index is 2.20. The van der Waals surface area contributed by atoms with E-state index in [-0.39, 0.29) is 5.91 Å². The van der Waals surface area contributed by atoms with Gasteiger partial charge < -0.3 is 0 Å². The molecular formula is C26H25NO. The van der Waals surface area contributed by atoms with E-state index >= 15 is 0 Å². The average molecular weight is 367 g/mol. The largest absolute Gasteiger partial charge is 0.279 e. The Morgan fingerprint density at radius 1 is 0.786 bits per heavy atom. The molecule has 2 nitrogen and oxygen atoms in total. The first-order valence-corrected chi connectivity index (χ1v) is 9.68. The minimum absolute atomic E-state index is 0.101. The lowest BCUT2D eigenvalue weighted by atomic mass is 9.94. The van der Waals surface area contributed by atoms with Crippen molar-refractivity contribution >= 4 is 16.8 Å². The zero-order valence-electron chi connectivity index (χ0n) is 16.9. The van der Waals surface area contributed by atoms with E-state index in [9.17, 15) is 4.79 Å². The fourth-order valence-electron chi connectivity index (χ4n) is 3.71. The molecule has 2 heteroatoms. The van der Waals surface area contributed by atoms with E-state index in [1.807, 2.05) is 61.7 Å². The summed E-state index contributed by atoms with van der Waals surface area (Å²) in [6.07, 6.45) is 0. The Kier molecular flexibility index (Phi) is 4.43. The van der Waals surface area contributed by atoms with Gasteiger partial charge in [-0.3, -0.25) is 9.36 Å². The smallest absolute Gasteiger partial charge is 0.236 e. The van der Waals surface area contributed by atoms with Gasteiger partial charge in [-0.15, -0.1) is 0 Å². The maximum absolute atomic E-state index is 13.6. The van der Waals surface area contributed by atoms with Gasteiger partial charge in [0.1, 0.15) is 0 Å². The predicted molar refractivity (Wildman–Crippen MR) is 118 cm³/mol. The van der Waals surface area contributed by atoms with Gasteiger partial charge in [0.05, 0.1) is 11.2 Å². The Bertz CT molecular complexity index is 1150. The van der Waals surface area contributed by atoms with E-state index in [4.69, 9.17) is 0 Å². The lowest BCUT2D eigenvalue weighted by Gasteiger charge is -2.21. The number of hydrogen-bond donors (Lipinski definition) is 0.